The summed E-state index contributed by atoms with van der Waals surface area (Å²) in [5.41, 5.74) is -0.281. The quantitative estimate of drug-likeness (QED) is 0.355. The van der Waals surface area contributed by atoms with Crippen molar-refractivity contribution >= 4 is 0 Å². The second kappa shape index (κ2) is 9.47. The minimum absolute atomic E-state index is 0.0473. The van der Waals surface area contributed by atoms with Crippen molar-refractivity contribution in [3.63, 3.8) is 0 Å². The van der Waals surface area contributed by atoms with E-state index in [9.17, 15) is 17.6 Å². The maximum atomic E-state index is 14.8. The Balaban J connectivity index is 1.80. The zero-order valence-electron chi connectivity index (χ0n) is 16.8. The summed E-state index contributed by atoms with van der Waals surface area (Å²) in [6.07, 6.45) is 9.96. The molecule has 3 rings (SSSR count). The average molecular weight is 406 g/mol. The summed E-state index contributed by atoms with van der Waals surface area (Å²) in [7, 11) is 1.21. The van der Waals surface area contributed by atoms with Crippen LogP contribution in [0.25, 0.3) is 11.1 Å². The van der Waals surface area contributed by atoms with Gasteiger partial charge >= 0.3 is 0 Å². The monoisotopic (exact) mass is 406 g/mol. The van der Waals surface area contributed by atoms with Crippen molar-refractivity contribution in [1.29, 1.82) is 0 Å². The fourth-order valence-electron chi connectivity index (χ4n) is 4.25. The molecule has 0 heterocycles. The van der Waals surface area contributed by atoms with Crippen LogP contribution >= 0.6 is 0 Å². The molecule has 0 saturated heterocycles. The van der Waals surface area contributed by atoms with Crippen LogP contribution in [0.5, 0.6) is 5.75 Å². The summed E-state index contributed by atoms with van der Waals surface area (Å²) in [5.74, 6) is -4.28. The highest BCUT2D eigenvalue weighted by Crippen LogP contribution is 2.40. The van der Waals surface area contributed by atoms with Gasteiger partial charge in [0.25, 0.3) is 0 Å². The Morgan fingerprint density at radius 2 is 1.48 bits per heavy atom. The van der Waals surface area contributed by atoms with Crippen LogP contribution in [-0.4, -0.2) is 7.11 Å². The number of hydrogen-bond acceptors (Lipinski definition) is 1. The van der Waals surface area contributed by atoms with E-state index in [1.54, 1.807) is 0 Å². The molecule has 0 amide bonds. The van der Waals surface area contributed by atoms with Gasteiger partial charge in [-0.1, -0.05) is 24.3 Å². The van der Waals surface area contributed by atoms with Gasteiger partial charge in [-0.3, -0.25) is 0 Å². The number of allylic oxidation sites excluding steroid dienone is 2. The minimum atomic E-state index is -1.25. The SMILES string of the molecule is C/C=C/CCC1CCC(c2ccc(-c3ccc(OC)c(F)c3F)c(F)c2F)CC1. The Morgan fingerprint density at radius 3 is 2.10 bits per heavy atom. The third-order valence-corrected chi connectivity index (χ3v) is 5.93. The van der Waals surface area contributed by atoms with Crippen LogP contribution in [0, 0.1) is 29.2 Å². The lowest BCUT2D eigenvalue weighted by atomic mass is 9.77. The first-order valence-corrected chi connectivity index (χ1v) is 10.1. The lowest BCUT2D eigenvalue weighted by Gasteiger charge is -2.29. The van der Waals surface area contributed by atoms with Crippen molar-refractivity contribution in [2.24, 2.45) is 5.92 Å². The number of hydrogen-bond donors (Lipinski definition) is 0. The van der Waals surface area contributed by atoms with Crippen LogP contribution in [0.3, 0.4) is 0 Å². The number of rotatable bonds is 6. The molecule has 2 aromatic carbocycles. The van der Waals surface area contributed by atoms with E-state index < -0.39 is 23.3 Å². The van der Waals surface area contributed by atoms with E-state index in [2.05, 4.69) is 6.08 Å². The highest BCUT2D eigenvalue weighted by Gasteiger charge is 2.27. The van der Waals surface area contributed by atoms with E-state index in [1.165, 1.54) is 31.4 Å². The van der Waals surface area contributed by atoms with Crippen LogP contribution in [0.1, 0.15) is 56.9 Å². The molecule has 1 saturated carbocycles. The second-order valence-electron chi connectivity index (χ2n) is 7.64. The van der Waals surface area contributed by atoms with Gasteiger partial charge in [0, 0.05) is 11.1 Å². The smallest absolute Gasteiger partial charge is 0.201 e. The Kier molecular flexibility index (Phi) is 6.99. The van der Waals surface area contributed by atoms with Crippen molar-refractivity contribution in [3.05, 3.63) is 65.2 Å². The molecule has 1 nitrogen and oxygen atoms in total. The normalized spacial score (nSPS) is 19.7. The van der Waals surface area contributed by atoms with Crippen LogP contribution in [-0.2, 0) is 0 Å². The molecule has 5 heteroatoms. The zero-order valence-corrected chi connectivity index (χ0v) is 16.8. The summed E-state index contributed by atoms with van der Waals surface area (Å²) in [6.45, 7) is 2.00. The summed E-state index contributed by atoms with van der Waals surface area (Å²) >= 11 is 0. The number of ether oxygens (including phenoxy) is 1. The second-order valence-corrected chi connectivity index (χ2v) is 7.64. The standard InChI is InChI=1S/C24H26F4O/c1-3-4-5-6-15-7-9-16(10-8-15)17-11-12-18(22(26)21(17)25)19-13-14-20(29-2)24(28)23(19)27/h3-4,11-16H,5-10H2,1-2H3/b4-3+. The van der Waals surface area contributed by atoms with Gasteiger partial charge in [-0.2, -0.15) is 4.39 Å². The number of halogens is 4. The molecular formula is C24H26F4O. The molecule has 0 bridgehead atoms. The minimum Gasteiger partial charge on any atom is -0.494 e. The average Bonchev–Trinajstić information content (AvgIpc) is 2.73. The van der Waals surface area contributed by atoms with Crippen molar-refractivity contribution in [2.75, 3.05) is 7.11 Å². The van der Waals surface area contributed by atoms with Crippen molar-refractivity contribution < 1.29 is 22.3 Å². The summed E-state index contributed by atoms with van der Waals surface area (Å²) in [6, 6.07) is 5.26. The highest BCUT2D eigenvalue weighted by atomic mass is 19.2. The van der Waals surface area contributed by atoms with Gasteiger partial charge in [0.1, 0.15) is 0 Å². The Labute approximate surface area is 169 Å². The van der Waals surface area contributed by atoms with Gasteiger partial charge in [-0.05, 0) is 75.0 Å². The largest absolute Gasteiger partial charge is 0.494 e. The Hall–Kier alpha value is -2.30. The molecule has 0 N–H and O–H groups in total. The van der Waals surface area contributed by atoms with Crippen LogP contribution in [0.4, 0.5) is 17.6 Å². The van der Waals surface area contributed by atoms with E-state index in [1.807, 2.05) is 13.0 Å². The van der Waals surface area contributed by atoms with Gasteiger partial charge in [0.2, 0.25) is 5.82 Å². The molecule has 1 aliphatic carbocycles. The summed E-state index contributed by atoms with van der Waals surface area (Å²) in [5, 5.41) is 0. The van der Waals surface area contributed by atoms with E-state index in [4.69, 9.17) is 4.74 Å². The van der Waals surface area contributed by atoms with Gasteiger partial charge in [0.05, 0.1) is 7.11 Å². The fraction of sp³-hybridized carbons (Fsp3) is 0.417. The van der Waals surface area contributed by atoms with Gasteiger partial charge < -0.3 is 4.74 Å². The highest BCUT2D eigenvalue weighted by molar-refractivity contribution is 5.66. The van der Waals surface area contributed by atoms with Crippen molar-refractivity contribution in [2.45, 2.75) is 51.4 Å². The molecule has 1 aliphatic rings. The molecule has 0 atom stereocenters. The van der Waals surface area contributed by atoms with Gasteiger partial charge in [-0.25, -0.2) is 13.2 Å². The van der Waals surface area contributed by atoms with Gasteiger partial charge in [0.15, 0.2) is 23.2 Å². The molecular weight excluding hydrogens is 380 g/mol. The van der Waals surface area contributed by atoms with Crippen molar-refractivity contribution in [1.82, 2.24) is 0 Å². The predicted octanol–water partition coefficient (Wildman–Crippen LogP) is 7.55. The molecule has 1 fully saturated rings. The molecule has 0 unspecified atom stereocenters. The molecule has 0 spiro atoms. The number of benzene rings is 2. The summed E-state index contributed by atoms with van der Waals surface area (Å²) < 4.78 is 62.6. The van der Waals surface area contributed by atoms with Crippen LogP contribution < -0.4 is 4.74 Å². The van der Waals surface area contributed by atoms with E-state index in [-0.39, 0.29) is 22.8 Å². The first-order chi connectivity index (χ1) is 14.0. The lowest BCUT2D eigenvalue weighted by Crippen LogP contribution is -2.15. The van der Waals surface area contributed by atoms with E-state index in [0.717, 1.165) is 38.5 Å². The Bertz CT molecular complexity index is 883. The maximum absolute atomic E-state index is 14.8. The summed E-state index contributed by atoms with van der Waals surface area (Å²) in [4.78, 5) is 0. The van der Waals surface area contributed by atoms with Gasteiger partial charge in [-0.15, -0.1) is 0 Å². The Morgan fingerprint density at radius 1 is 0.862 bits per heavy atom. The third-order valence-electron chi connectivity index (χ3n) is 5.93. The molecule has 29 heavy (non-hydrogen) atoms. The molecule has 2 aromatic rings. The van der Waals surface area contributed by atoms with E-state index in [0.29, 0.717) is 11.5 Å². The first kappa shape index (κ1) is 21.4. The zero-order chi connectivity index (χ0) is 21.0. The molecule has 156 valence electrons. The molecule has 0 aromatic heterocycles. The maximum Gasteiger partial charge on any atom is 0.201 e. The topological polar surface area (TPSA) is 9.23 Å². The number of methoxy groups -OCH3 is 1. The van der Waals surface area contributed by atoms with Crippen LogP contribution in [0.2, 0.25) is 0 Å². The van der Waals surface area contributed by atoms with Crippen LogP contribution in [0.15, 0.2) is 36.4 Å². The van der Waals surface area contributed by atoms with Crippen molar-refractivity contribution in [3.8, 4) is 16.9 Å². The third kappa shape index (κ3) is 4.49. The predicted molar refractivity (Wildman–Crippen MR) is 107 cm³/mol. The molecule has 0 radical (unpaired) electrons. The molecule has 0 aliphatic heterocycles. The lowest BCUT2D eigenvalue weighted by molar-refractivity contribution is 0.306. The van der Waals surface area contributed by atoms with E-state index >= 15 is 0 Å². The first-order valence-electron chi connectivity index (χ1n) is 10.1. The fourth-order valence-corrected chi connectivity index (χ4v) is 4.25.